The number of ether oxygens (including phenoxy) is 1. The number of nitrogens with zero attached hydrogens (tertiary/aromatic N) is 5. The lowest BCUT2D eigenvalue weighted by Crippen LogP contribution is -2.32. The number of aryl methyl sites for hydroxylation is 1. The molecule has 162 valence electrons. The van der Waals surface area contributed by atoms with Crippen LogP contribution in [0.2, 0.25) is 0 Å². The van der Waals surface area contributed by atoms with Gasteiger partial charge in [-0.25, -0.2) is 9.78 Å². The van der Waals surface area contributed by atoms with Gasteiger partial charge in [-0.1, -0.05) is 35.0 Å². The molecule has 3 aromatic rings. The van der Waals surface area contributed by atoms with Gasteiger partial charge in [-0.15, -0.1) is 0 Å². The van der Waals surface area contributed by atoms with Crippen molar-refractivity contribution in [3.8, 4) is 0 Å². The zero-order chi connectivity index (χ0) is 22.2. The first kappa shape index (κ1) is 20.1. The molecule has 5 rings (SSSR count). The van der Waals surface area contributed by atoms with Crippen LogP contribution in [0.5, 0.6) is 0 Å². The van der Waals surface area contributed by atoms with E-state index in [1.54, 1.807) is 19.2 Å². The van der Waals surface area contributed by atoms with Gasteiger partial charge in [-0.05, 0) is 31.1 Å². The molecule has 1 saturated heterocycles. The summed E-state index contributed by atoms with van der Waals surface area (Å²) in [6, 6.07) is 8.31. The Morgan fingerprint density at radius 1 is 1.22 bits per heavy atom. The van der Waals surface area contributed by atoms with Crippen LogP contribution in [-0.4, -0.2) is 39.3 Å². The monoisotopic (exact) mass is 431 g/mol. The predicted octanol–water partition coefficient (Wildman–Crippen LogP) is 2.41. The lowest BCUT2D eigenvalue weighted by molar-refractivity contribution is 0.110. The Bertz CT molecular complexity index is 1300. The first-order valence-electron chi connectivity index (χ1n) is 10.3. The van der Waals surface area contributed by atoms with Crippen molar-refractivity contribution in [3.63, 3.8) is 0 Å². The standard InChI is InChI=1S/C23H21N5O4/c1-14-3-5-15(6-4-14)19-9-16(12-31-19)22-25-20(32-26-22)10-28-13-24-18-8-7-17(11-29)27(2)21(18)23(28)30/h3-8,13,16,19H,9-10,12H2,1-2H3/t16?,19-/m1/s1. The Morgan fingerprint density at radius 2 is 2.03 bits per heavy atom. The number of rotatable bonds is 4. The van der Waals surface area contributed by atoms with Gasteiger partial charge in [0, 0.05) is 13.0 Å². The minimum atomic E-state index is -0.307. The summed E-state index contributed by atoms with van der Waals surface area (Å²) < 4.78 is 12.7. The Morgan fingerprint density at radius 3 is 2.81 bits per heavy atom. The summed E-state index contributed by atoms with van der Waals surface area (Å²) in [6.07, 6.45) is 5.39. The summed E-state index contributed by atoms with van der Waals surface area (Å²) in [5, 5.41) is 4.12. The molecule has 9 nitrogen and oxygen atoms in total. The number of benzene rings is 1. The predicted molar refractivity (Wildman–Crippen MR) is 116 cm³/mol. The maximum absolute atomic E-state index is 13.0. The number of hydrogen-bond acceptors (Lipinski definition) is 8. The number of carbonyl (C=O) groups excluding carboxylic acids is 1. The number of hydrogen-bond donors (Lipinski definition) is 0. The van der Waals surface area contributed by atoms with E-state index in [-0.39, 0.29) is 29.8 Å². The molecule has 1 fully saturated rings. The summed E-state index contributed by atoms with van der Waals surface area (Å²) >= 11 is 0. The number of allylic oxidation sites excluding steroid dienone is 1. The van der Waals surface area contributed by atoms with Crippen LogP contribution >= 0.6 is 0 Å². The summed E-state index contributed by atoms with van der Waals surface area (Å²) in [4.78, 5) is 34.4. The molecule has 1 unspecified atom stereocenters. The van der Waals surface area contributed by atoms with Crippen LogP contribution in [0.25, 0.3) is 6.08 Å². The Kier molecular flexibility index (Phi) is 5.05. The molecule has 0 saturated carbocycles. The van der Waals surface area contributed by atoms with Gasteiger partial charge in [0.1, 0.15) is 17.9 Å². The molecule has 2 aliphatic rings. The van der Waals surface area contributed by atoms with E-state index in [9.17, 15) is 9.59 Å². The molecular weight excluding hydrogens is 410 g/mol. The van der Waals surface area contributed by atoms with Gasteiger partial charge in [0.05, 0.1) is 24.7 Å². The van der Waals surface area contributed by atoms with Crippen molar-refractivity contribution >= 4 is 17.7 Å². The van der Waals surface area contributed by atoms with E-state index in [0.29, 0.717) is 29.7 Å². The summed E-state index contributed by atoms with van der Waals surface area (Å²) in [5.41, 5.74) is 3.09. The van der Waals surface area contributed by atoms with Crippen LogP contribution in [-0.2, 0) is 16.1 Å². The fourth-order valence-corrected chi connectivity index (χ4v) is 4.00. The molecule has 4 heterocycles. The molecule has 0 N–H and O–H groups in total. The van der Waals surface area contributed by atoms with Crippen molar-refractivity contribution in [3.05, 3.63) is 81.3 Å². The van der Waals surface area contributed by atoms with Crippen LogP contribution in [0.3, 0.4) is 0 Å². The first-order chi connectivity index (χ1) is 15.5. The van der Waals surface area contributed by atoms with Gasteiger partial charge in [0.15, 0.2) is 11.8 Å². The van der Waals surface area contributed by atoms with Gasteiger partial charge in [-0.2, -0.15) is 4.98 Å². The highest BCUT2D eigenvalue weighted by Crippen LogP contribution is 2.37. The zero-order valence-electron chi connectivity index (χ0n) is 17.7. The highest BCUT2D eigenvalue weighted by molar-refractivity contribution is 5.79. The van der Waals surface area contributed by atoms with E-state index >= 15 is 0 Å². The number of fused-ring (bicyclic) bond motifs is 1. The first-order valence-corrected chi connectivity index (χ1v) is 10.3. The van der Waals surface area contributed by atoms with Crippen LogP contribution < -0.4 is 10.5 Å². The molecule has 1 aromatic carbocycles. The van der Waals surface area contributed by atoms with Crippen molar-refractivity contribution in [1.82, 2.24) is 19.7 Å². The van der Waals surface area contributed by atoms with Crippen LogP contribution in [0.15, 0.2) is 51.7 Å². The largest absolute Gasteiger partial charge is 0.373 e. The molecule has 0 radical (unpaired) electrons. The molecule has 0 spiro atoms. The van der Waals surface area contributed by atoms with Gasteiger partial charge < -0.3 is 14.2 Å². The highest BCUT2D eigenvalue weighted by Gasteiger charge is 2.31. The molecule has 9 heteroatoms. The van der Waals surface area contributed by atoms with Gasteiger partial charge in [0.2, 0.25) is 5.89 Å². The van der Waals surface area contributed by atoms with E-state index in [1.165, 1.54) is 21.4 Å². The van der Waals surface area contributed by atoms with Gasteiger partial charge in [0.25, 0.3) is 5.56 Å². The molecule has 0 bridgehead atoms. The summed E-state index contributed by atoms with van der Waals surface area (Å²) in [6.45, 7) is 2.65. The van der Waals surface area contributed by atoms with Crippen LogP contribution in [0.1, 0.15) is 47.0 Å². The maximum atomic E-state index is 13.0. The number of aromatic nitrogens is 4. The minimum Gasteiger partial charge on any atom is -0.373 e. The third-order valence-corrected chi connectivity index (χ3v) is 5.84. The topological polar surface area (TPSA) is 103 Å². The van der Waals surface area contributed by atoms with Crippen molar-refractivity contribution in [2.24, 2.45) is 0 Å². The van der Waals surface area contributed by atoms with Crippen molar-refractivity contribution in [2.45, 2.75) is 31.9 Å². The van der Waals surface area contributed by atoms with Gasteiger partial charge >= 0.3 is 0 Å². The average molecular weight is 431 g/mol. The molecule has 0 amide bonds. The molecule has 2 atom stereocenters. The normalized spacial score (nSPS) is 19.8. The van der Waals surface area contributed by atoms with Crippen LogP contribution in [0.4, 0.5) is 5.69 Å². The number of anilines is 1. The van der Waals surface area contributed by atoms with Crippen molar-refractivity contribution < 1.29 is 14.1 Å². The minimum absolute atomic E-state index is 0.00122. The van der Waals surface area contributed by atoms with E-state index < -0.39 is 0 Å². The van der Waals surface area contributed by atoms with E-state index in [0.717, 1.165) is 12.0 Å². The van der Waals surface area contributed by atoms with E-state index in [1.807, 2.05) is 5.94 Å². The lowest BCUT2D eigenvalue weighted by atomic mass is 9.99. The Hall–Kier alpha value is -3.81. The maximum Gasteiger partial charge on any atom is 0.278 e. The lowest BCUT2D eigenvalue weighted by Gasteiger charge is -2.22. The summed E-state index contributed by atoms with van der Waals surface area (Å²) in [7, 11) is 1.63. The van der Waals surface area contributed by atoms with Crippen molar-refractivity contribution in [1.29, 1.82) is 0 Å². The Balaban J connectivity index is 1.33. The second-order valence-electron chi connectivity index (χ2n) is 8.00. The molecule has 2 aliphatic heterocycles. The Labute approximate surface area is 183 Å². The van der Waals surface area contributed by atoms with E-state index in [4.69, 9.17) is 9.26 Å². The highest BCUT2D eigenvalue weighted by atomic mass is 16.5. The van der Waals surface area contributed by atoms with Gasteiger partial charge in [-0.3, -0.25) is 9.36 Å². The van der Waals surface area contributed by atoms with Crippen LogP contribution in [0, 0.1) is 6.92 Å². The third-order valence-electron chi connectivity index (χ3n) is 5.84. The average Bonchev–Trinajstić information content (AvgIpc) is 3.46. The third kappa shape index (κ3) is 3.57. The zero-order valence-corrected chi connectivity index (χ0v) is 17.7. The molecular formula is C23H21N5O4. The second-order valence-corrected chi connectivity index (χ2v) is 8.00. The van der Waals surface area contributed by atoms with E-state index in [2.05, 4.69) is 46.3 Å². The fraction of sp³-hybridized carbons (Fsp3) is 0.304. The molecule has 0 aliphatic carbocycles. The quantitative estimate of drug-likeness (QED) is 0.580. The molecule has 32 heavy (non-hydrogen) atoms. The second kappa shape index (κ2) is 8.03. The smallest absolute Gasteiger partial charge is 0.278 e. The molecule has 2 aromatic heterocycles. The number of likely N-dealkylation sites (N-methyl/N-ethyl adjacent to an activating group) is 1. The fourth-order valence-electron chi connectivity index (χ4n) is 4.00. The SMILES string of the molecule is Cc1ccc([C@H]2CC(c3noc(Cn4cnc5c(c4=O)N(C)C(=C=O)C=C5)n3)CO2)cc1. The summed E-state index contributed by atoms with van der Waals surface area (Å²) in [5.74, 6) is 2.72. The van der Waals surface area contributed by atoms with Crippen molar-refractivity contribution in [2.75, 3.05) is 18.6 Å².